The zero-order chi connectivity index (χ0) is 12.3. The molecule has 17 heavy (non-hydrogen) atoms. The van der Waals surface area contributed by atoms with Crippen LogP contribution in [-0.2, 0) is 4.74 Å². The van der Waals surface area contributed by atoms with Crippen LogP contribution in [0.2, 0.25) is 0 Å². The average Bonchev–Trinajstić information content (AvgIpc) is 2.76. The van der Waals surface area contributed by atoms with Gasteiger partial charge in [0.1, 0.15) is 0 Å². The molecule has 2 rings (SSSR count). The Bertz CT molecular complexity index is 234. The molecule has 100 valence electrons. The van der Waals surface area contributed by atoms with E-state index in [4.69, 9.17) is 4.74 Å². The second-order valence-electron chi connectivity index (χ2n) is 5.85. The zero-order valence-electron chi connectivity index (χ0n) is 11.4. The van der Waals surface area contributed by atoms with Crippen molar-refractivity contribution in [3.05, 3.63) is 0 Å². The van der Waals surface area contributed by atoms with E-state index < -0.39 is 0 Å². The van der Waals surface area contributed by atoms with Gasteiger partial charge in [0.25, 0.3) is 0 Å². The molecule has 1 saturated carbocycles. The fourth-order valence-electron chi connectivity index (χ4n) is 3.15. The Morgan fingerprint density at radius 1 is 1.24 bits per heavy atom. The molecular formula is C14H27NOS. The molecule has 4 unspecified atom stereocenters. The molecule has 2 fully saturated rings. The van der Waals surface area contributed by atoms with E-state index in [2.05, 4.69) is 25.4 Å². The number of hydrogen-bond donors (Lipinski definition) is 1. The zero-order valence-corrected chi connectivity index (χ0v) is 12.3. The predicted molar refractivity (Wildman–Crippen MR) is 75.7 cm³/mol. The summed E-state index contributed by atoms with van der Waals surface area (Å²) in [5.41, 5.74) is 0. The molecule has 0 aromatic heterocycles. The highest BCUT2D eigenvalue weighted by molar-refractivity contribution is 7.99. The summed E-state index contributed by atoms with van der Waals surface area (Å²) < 4.78 is 5.84. The lowest BCUT2D eigenvalue weighted by Gasteiger charge is -2.35. The Hall–Kier alpha value is 0.270. The minimum atomic E-state index is 0.468. The van der Waals surface area contributed by atoms with Crippen LogP contribution in [-0.4, -0.2) is 36.3 Å². The Kier molecular flexibility index (Phi) is 5.19. The van der Waals surface area contributed by atoms with E-state index in [9.17, 15) is 0 Å². The third kappa shape index (κ3) is 3.62. The maximum atomic E-state index is 5.84. The van der Waals surface area contributed by atoms with Crippen molar-refractivity contribution in [2.45, 2.75) is 69.4 Å². The third-order valence-corrected chi connectivity index (χ3v) is 5.43. The highest BCUT2D eigenvalue weighted by Crippen LogP contribution is 2.30. The topological polar surface area (TPSA) is 21.3 Å². The van der Waals surface area contributed by atoms with Gasteiger partial charge in [-0.15, -0.1) is 0 Å². The van der Waals surface area contributed by atoms with E-state index in [1.807, 2.05) is 11.8 Å². The van der Waals surface area contributed by atoms with Gasteiger partial charge in [0, 0.05) is 23.9 Å². The van der Waals surface area contributed by atoms with Gasteiger partial charge in [-0.25, -0.2) is 0 Å². The molecule has 1 N–H and O–H groups in total. The largest absolute Gasteiger partial charge is 0.378 e. The van der Waals surface area contributed by atoms with Crippen molar-refractivity contribution < 1.29 is 4.74 Å². The summed E-state index contributed by atoms with van der Waals surface area (Å²) >= 11 is 2.04. The Labute approximate surface area is 110 Å². The number of hydrogen-bond acceptors (Lipinski definition) is 3. The molecule has 2 nitrogen and oxygen atoms in total. The fraction of sp³-hybridized carbons (Fsp3) is 1.00. The molecule has 3 heteroatoms. The summed E-state index contributed by atoms with van der Waals surface area (Å²) in [6.07, 6.45) is 9.29. The molecule has 1 heterocycles. The Balaban J connectivity index is 1.82. The quantitative estimate of drug-likeness (QED) is 0.836. The van der Waals surface area contributed by atoms with Crippen LogP contribution >= 0.6 is 11.8 Å². The van der Waals surface area contributed by atoms with E-state index in [0.29, 0.717) is 18.1 Å². The maximum absolute atomic E-state index is 5.84. The summed E-state index contributed by atoms with van der Waals surface area (Å²) in [6, 6.07) is 1.44. The minimum absolute atomic E-state index is 0.468. The summed E-state index contributed by atoms with van der Waals surface area (Å²) in [5, 5.41) is 4.75. The van der Waals surface area contributed by atoms with Gasteiger partial charge in [0.05, 0.1) is 6.10 Å². The Morgan fingerprint density at radius 3 is 2.76 bits per heavy atom. The molecule has 4 atom stereocenters. The van der Waals surface area contributed by atoms with Gasteiger partial charge in [-0.2, -0.15) is 11.8 Å². The van der Waals surface area contributed by atoms with Crippen LogP contribution < -0.4 is 5.32 Å². The van der Waals surface area contributed by atoms with E-state index >= 15 is 0 Å². The minimum Gasteiger partial charge on any atom is -0.378 e. The summed E-state index contributed by atoms with van der Waals surface area (Å²) in [5.74, 6) is 0.652. The van der Waals surface area contributed by atoms with Crippen molar-refractivity contribution in [3.63, 3.8) is 0 Å². The molecule has 0 aromatic carbocycles. The van der Waals surface area contributed by atoms with Crippen LogP contribution in [0, 0.1) is 5.92 Å². The first-order chi connectivity index (χ1) is 8.20. The number of ether oxygens (including phenoxy) is 1. The van der Waals surface area contributed by atoms with Crippen molar-refractivity contribution in [1.82, 2.24) is 5.32 Å². The number of nitrogens with one attached hydrogen (secondary N) is 1. The Morgan fingerprint density at radius 2 is 2.06 bits per heavy atom. The maximum Gasteiger partial charge on any atom is 0.0612 e. The monoisotopic (exact) mass is 257 g/mol. The predicted octanol–water partition coefficient (Wildman–Crippen LogP) is 3.06. The molecule has 1 aliphatic heterocycles. The van der Waals surface area contributed by atoms with Gasteiger partial charge in [-0.1, -0.05) is 20.3 Å². The standard InChI is InChI=1S/C14H27NOS/c1-10(2)13-9-11(7-8-16-13)15-12-5-4-6-14(12)17-3/h10-15H,4-9H2,1-3H3. The fourth-order valence-corrected chi connectivity index (χ4v) is 4.09. The van der Waals surface area contributed by atoms with Gasteiger partial charge in [0.15, 0.2) is 0 Å². The second kappa shape index (κ2) is 6.44. The molecule has 1 aliphatic carbocycles. The second-order valence-corrected chi connectivity index (χ2v) is 6.93. The van der Waals surface area contributed by atoms with Crippen molar-refractivity contribution in [1.29, 1.82) is 0 Å². The van der Waals surface area contributed by atoms with Gasteiger partial charge in [-0.05, 0) is 37.9 Å². The average molecular weight is 257 g/mol. The van der Waals surface area contributed by atoms with Crippen LogP contribution in [0.5, 0.6) is 0 Å². The lowest BCUT2D eigenvalue weighted by Crippen LogP contribution is -2.47. The van der Waals surface area contributed by atoms with Crippen molar-refractivity contribution >= 4 is 11.8 Å². The van der Waals surface area contributed by atoms with Crippen LogP contribution in [0.3, 0.4) is 0 Å². The molecular weight excluding hydrogens is 230 g/mol. The van der Waals surface area contributed by atoms with Crippen LogP contribution in [0.25, 0.3) is 0 Å². The van der Waals surface area contributed by atoms with Gasteiger partial charge in [0.2, 0.25) is 0 Å². The van der Waals surface area contributed by atoms with Gasteiger partial charge >= 0.3 is 0 Å². The highest BCUT2D eigenvalue weighted by Gasteiger charge is 2.31. The molecule has 0 bridgehead atoms. The summed E-state index contributed by atoms with van der Waals surface area (Å²) in [7, 11) is 0. The lowest BCUT2D eigenvalue weighted by molar-refractivity contribution is -0.0257. The van der Waals surface area contributed by atoms with E-state index in [-0.39, 0.29) is 0 Å². The lowest BCUT2D eigenvalue weighted by atomic mass is 9.95. The summed E-state index contributed by atoms with van der Waals surface area (Å²) in [4.78, 5) is 0. The van der Waals surface area contributed by atoms with E-state index in [1.165, 1.54) is 32.1 Å². The van der Waals surface area contributed by atoms with Crippen molar-refractivity contribution in [2.24, 2.45) is 5.92 Å². The summed E-state index contributed by atoms with van der Waals surface area (Å²) in [6.45, 7) is 5.48. The highest BCUT2D eigenvalue weighted by atomic mass is 32.2. The van der Waals surface area contributed by atoms with Crippen LogP contribution in [0.4, 0.5) is 0 Å². The molecule has 2 aliphatic rings. The van der Waals surface area contributed by atoms with Gasteiger partial charge in [-0.3, -0.25) is 0 Å². The first-order valence-corrected chi connectivity index (χ1v) is 8.40. The first kappa shape index (κ1) is 13.7. The molecule has 0 spiro atoms. The normalized spacial score (nSPS) is 38.8. The number of thioether (sulfide) groups is 1. The number of rotatable bonds is 4. The smallest absolute Gasteiger partial charge is 0.0612 e. The third-order valence-electron chi connectivity index (χ3n) is 4.26. The molecule has 0 radical (unpaired) electrons. The molecule has 0 aromatic rings. The van der Waals surface area contributed by atoms with E-state index in [1.54, 1.807) is 0 Å². The van der Waals surface area contributed by atoms with Crippen molar-refractivity contribution in [3.8, 4) is 0 Å². The van der Waals surface area contributed by atoms with Crippen LogP contribution in [0.15, 0.2) is 0 Å². The SMILES string of the molecule is CSC1CCCC1NC1CCOC(C(C)C)C1. The van der Waals surface area contributed by atoms with Gasteiger partial charge < -0.3 is 10.1 Å². The van der Waals surface area contributed by atoms with Crippen LogP contribution in [0.1, 0.15) is 46.0 Å². The first-order valence-electron chi connectivity index (χ1n) is 7.11. The van der Waals surface area contributed by atoms with E-state index in [0.717, 1.165) is 17.9 Å². The van der Waals surface area contributed by atoms with Crippen molar-refractivity contribution in [2.75, 3.05) is 12.9 Å². The molecule has 0 amide bonds. The molecule has 1 saturated heterocycles.